The number of aromatic nitrogens is 1. The molecule has 7 heteroatoms. The largest absolute Gasteiger partial charge is 0.481 e. The van der Waals surface area contributed by atoms with Gasteiger partial charge >= 0.3 is 11.7 Å². The van der Waals surface area contributed by atoms with Gasteiger partial charge in [0.05, 0.1) is 11.9 Å². The van der Waals surface area contributed by atoms with Gasteiger partial charge in [0.1, 0.15) is 0 Å². The molecule has 5 N–H and O–H groups in total. The van der Waals surface area contributed by atoms with Crippen molar-refractivity contribution in [3.8, 4) is 0 Å². The number of aromatic amines is 1. The maximum absolute atomic E-state index is 11.1. The number of hydrogen-bond acceptors (Lipinski definition) is 5. The number of hydrogen-bond donors (Lipinski definition) is 4. The predicted octanol–water partition coefficient (Wildman–Crippen LogP) is 0.184. The number of oxazole rings is 1. The summed E-state index contributed by atoms with van der Waals surface area (Å²) in [7, 11) is 1.70. The summed E-state index contributed by atoms with van der Waals surface area (Å²) in [5, 5.41) is 11.8. The van der Waals surface area contributed by atoms with E-state index < -0.39 is 17.8 Å². The number of rotatable bonds is 5. The van der Waals surface area contributed by atoms with Crippen LogP contribution in [0.4, 0.5) is 0 Å². The first-order valence-corrected chi connectivity index (χ1v) is 5.78. The minimum atomic E-state index is -0.953. The van der Waals surface area contributed by atoms with Gasteiger partial charge in [-0.2, -0.15) is 0 Å². The molecule has 1 aromatic carbocycles. The highest BCUT2D eigenvalue weighted by Crippen LogP contribution is 2.21. The summed E-state index contributed by atoms with van der Waals surface area (Å²) >= 11 is 0. The molecule has 0 saturated heterocycles. The number of H-pyrrole nitrogens is 1. The third-order valence-electron chi connectivity index (χ3n) is 2.95. The normalized spacial score (nSPS) is 14.4. The van der Waals surface area contributed by atoms with Gasteiger partial charge in [-0.1, -0.05) is 6.07 Å². The number of nitrogens with one attached hydrogen (secondary N) is 2. The van der Waals surface area contributed by atoms with Crippen LogP contribution < -0.4 is 16.8 Å². The number of likely N-dealkylation sites (N-methyl/N-ethyl adjacent to an activating group) is 1. The molecule has 2 aromatic rings. The highest BCUT2D eigenvalue weighted by atomic mass is 16.4. The Balaban J connectivity index is 2.34. The zero-order valence-electron chi connectivity index (χ0n) is 10.3. The quantitative estimate of drug-likeness (QED) is 0.612. The number of benzene rings is 1. The van der Waals surface area contributed by atoms with E-state index in [-0.39, 0.29) is 12.5 Å². The van der Waals surface area contributed by atoms with Crippen LogP contribution in [0.1, 0.15) is 18.0 Å². The van der Waals surface area contributed by atoms with E-state index in [0.29, 0.717) is 11.1 Å². The number of carboxylic acids is 1. The Morgan fingerprint density at radius 1 is 1.58 bits per heavy atom. The molecular weight excluding hydrogens is 250 g/mol. The van der Waals surface area contributed by atoms with Crippen molar-refractivity contribution in [3.63, 3.8) is 0 Å². The summed E-state index contributed by atoms with van der Waals surface area (Å²) in [5.74, 6) is -1.48. The van der Waals surface area contributed by atoms with Crippen LogP contribution in [0.15, 0.2) is 27.4 Å². The lowest BCUT2D eigenvalue weighted by Crippen LogP contribution is -2.37. The molecule has 0 aliphatic carbocycles. The predicted molar refractivity (Wildman–Crippen MR) is 68.9 cm³/mol. The molecule has 1 aromatic heterocycles. The van der Waals surface area contributed by atoms with Crippen molar-refractivity contribution in [1.82, 2.24) is 10.3 Å². The van der Waals surface area contributed by atoms with E-state index in [9.17, 15) is 9.59 Å². The van der Waals surface area contributed by atoms with Crippen LogP contribution in [0.5, 0.6) is 0 Å². The average molecular weight is 265 g/mol. The second kappa shape index (κ2) is 5.25. The van der Waals surface area contributed by atoms with Crippen molar-refractivity contribution < 1.29 is 14.3 Å². The van der Waals surface area contributed by atoms with Crippen LogP contribution in [0.3, 0.4) is 0 Å². The Morgan fingerprint density at radius 2 is 2.32 bits per heavy atom. The van der Waals surface area contributed by atoms with Gasteiger partial charge in [0.15, 0.2) is 5.58 Å². The highest BCUT2D eigenvalue weighted by molar-refractivity contribution is 5.73. The number of nitrogens with two attached hydrogens (primary N) is 1. The molecule has 2 rings (SSSR count). The maximum atomic E-state index is 11.1. The lowest BCUT2D eigenvalue weighted by molar-refractivity contribution is -0.137. The van der Waals surface area contributed by atoms with Crippen molar-refractivity contribution >= 4 is 17.1 Å². The Bertz CT molecular complexity index is 646. The van der Waals surface area contributed by atoms with Gasteiger partial charge in [-0.05, 0) is 24.7 Å². The van der Waals surface area contributed by atoms with Gasteiger partial charge in [-0.15, -0.1) is 0 Å². The number of carbonyl (C=O) groups is 1. The van der Waals surface area contributed by atoms with Gasteiger partial charge in [0.2, 0.25) is 0 Å². The summed E-state index contributed by atoms with van der Waals surface area (Å²) < 4.78 is 4.90. The minimum Gasteiger partial charge on any atom is -0.481 e. The zero-order valence-corrected chi connectivity index (χ0v) is 10.3. The van der Waals surface area contributed by atoms with Crippen LogP contribution in [-0.4, -0.2) is 29.1 Å². The molecular formula is C12H15N3O4. The van der Waals surface area contributed by atoms with E-state index in [1.54, 1.807) is 25.2 Å². The van der Waals surface area contributed by atoms with Crippen LogP contribution in [-0.2, 0) is 4.79 Å². The molecule has 2 atom stereocenters. The van der Waals surface area contributed by atoms with Gasteiger partial charge in [0.25, 0.3) is 0 Å². The molecule has 1 heterocycles. The molecule has 0 radical (unpaired) electrons. The molecule has 7 nitrogen and oxygen atoms in total. The Kier molecular flexibility index (Phi) is 3.68. The second-order valence-corrected chi connectivity index (χ2v) is 4.30. The monoisotopic (exact) mass is 265 g/mol. The second-order valence-electron chi connectivity index (χ2n) is 4.30. The first kappa shape index (κ1) is 13.3. The van der Waals surface area contributed by atoms with Crippen molar-refractivity contribution in [2.75, 3.05) is 7.05 Å². The maximum Gasteiger partial charge on any atom is 0.417 e. The van der Waals surface area contributed by atoms with Crippen LogP contribution in [0, 0.1) is 0 Å². The van der Waals surface area contributed by atoms with Gasteiger partial charge < -0.3 is 20.6 Å². The highest BCUT2D eigenvalue weighted by Gasteiger charge is 2.21. The SMILES string of the molecule is CNC(c1ccc2oc(=O)[nH]c2c1)C(N)CC(=O)O. The molecule has 102 valence electrons. The van der Waals surface area contributed by atoms with Crippen molar-refractivity contribution in [2.45, 2.75) is 18.5 Å². The van der Waals surface area contributed by atoms with E-state index >= 15 is 0 Å². The van der Waals surface area contributed by atoms with Gasteiger partial charge in [-0.25, -0.2) is 4.79 Å². The fourth-order valence-corrected chi connectivity index (χ4v) is 2.11. The summed E-state index contributed by atoms with van der Waals surface area (Å²) in [5.41, 5.74) is 7.68. The molecule has 0 spiro atoms. The van der Waals surface area contributed by atoms with Crippen LogP contribution in [0.2, 0.25) is 0 Å². The Labute approximate surface area is 108 Å². The third kappa shape index (κ3) is 2.83. The fraction of sp³-hybridized carbons (Fsp3) is 0.333. The first-order chi connectivity index (χ1) is 9.01. The van der Waals surface area contributed by atoms with E-state index in [4.69, 9.17) is 15.3 Å². The van der Waals surface area contributed by atoms with Crippen LogP contribution in [0.25, 0.3) is 11.1 Å². The van der Waals surface area contributed by atoms with Crippen molar-refractivity contribution in [1.29, 1.82) is 0 Å². The summed E-state index contributed by atoms with van der Waals surface area (Å²) in [6, 6.07) is 4.24. The molecule has 0 aliphatic rings. The smallest absolute Gasteiger partial charge is 0.417 e. The summed E-state index contributed by atoms with van der Waals surface area (Å²) in [4.78, 5) is 24.3. The van der Waals surface area contributed by atoms with E-state index in [2.05, 4.69) is 10.3 Å². The van der Waals surface area contributed by atoms with Crippen LogP contribution >= 0.6 is 0 Å². The molecule has 2 unspecified atom stereocenters. The van der Waals surface area contributed by atoms with Crippen molar-refractivity contribution in [3.05, 3.63) is 34.3 Å². The first-order valence-electron chi connectivity index (χ1n) is 5.78. The molecule has 0 fully saturated rings. The Morgan fingerprint density at radius 3 is 2.95 bits per heavy atom. The van der Waals surface area contributed by atoms with E-state index in [1.807, 2.05) is 0 Å². The third-order valence-corrected chi connectivity index (χ3v) is 2.95. The summed E-state index contributed by atoms with van der Waals surface area (Å²) in [6.07, 6.45) is -0.147. The minimum absolute atomic E-state index is 0.147. The number of aliphatic carboxylic acids is 1. The summed E-state index contributed by atoms with van der Waals surface area (Å²) in [6.45, 7) is 0. The lowest BCUT2D eigenvalue weighted by Gasteiger charge is -2.22. The topological polar surface area (TPSA) is 121 Å². The molecule has 0 saturated carbocycles. The standard InChI is InChI=1S/C12H15N3O4/c1-14-11(7(13)5-10(16)17)6-2-3-9-8(4-6)15-12(18)19-9/h2-4,7,11,14H,5,13H2,1H3,(H,15,18)(H,16,17). The molecule has 0 bridgehead atoms. The fourth-order valence-electron chi connectivity index (χ4n) is 2.11. The number of fused-ring (bicyclic) bond motifs is 1. The van der Waals surface area contributed by atoms with Gasteiger partial charge in [-0.3, -0.25) is 9.78 Å². The average Bonchev–Trinajstić information content (AvgIpc) is 2.68. The Hall–Kier alpha value is -2.12. The van der Waals surface area contributed by atoms with E-state index in [0.717, 1.165) is 5.56 Å². The number of carboxylic acid groups (broad SMARTS) is 1. The molecule has 0 amide bonds. The van der Waals surface area contributed by atoms with Crippen molar-refractivity contribution in [2.24, 2.45) is 5.73 Å². The van der Waals surface area contributed by atoms with Gasteiger partial charge in [0, 0.05) is 12.1 Å². The zero-order chi connectivity index (χ0) is 14.0. The lowest BCUT2D eigenvalue weighted by atomic mass is 9.97. The molecule has 0 aliphatic heterocycles. The van der Waals surface area contributed by atoms with E-state index in [1.165, 1.54) is 0 Å². The molecule has 19 heavy (non-hydrogen) atoms.